The number of nitrogen functional groups attached to an aromatic ring is 1. The number of aryl methyl sites for hydroxylation is 1. The maximum absolute atomic E-state index is 11.8. The number of hydrogen-bond acceptors (Lipinski definition) is 7. The van der Waals surface area contributed by atoms with Crippen LogP contribution in [0.15, 0.2) is 23.1 Å². The number of imidazole rings is 1. The van der Waals surface area contributed by atoms with E-state index in [4.69, 9.17) is 5.73 Å². The quantitative estimate of drug-likeness (QED) is 0.699. The summed E-state index contributed by atoms with van der Waals surface area (Å²) in [4.78, 5) is 3.93. The lowest BCUT2D eigenvalue weighted by molar-refractivity contribution is 0.564. The molecule has 0 bridgehead atoms. The highest BCUT2D eigenvalue weighted by Crippen LogP contribution is 2.16. The summed E-state index contributed by atoms with van der Waals surface area (Å²) >= 11 is 0.849. The van der Waals surface area contributed by atoms with Gasteiger partial charge in [0, 0.05) is 25.5 Å². The highest BCUT2D eigenvalue weighted by atomic mass is 32.2. The van der Waals surface area contributed by atoms with E-state index in [1.54, 1.807) is 12.5 Å². The molecule has 19 heavy (non-hydrogen) atoms. The molecule has 2 aromatic heterocycles. The first-order valence-corrected chi connectivity index (χ1v) is 7.92. The third-order valence-corrected chi connectivity index (χ3v) is 4.93. The van der Waals surface area contributed by atoms with Gasteiger partial charge in [-0.15, -0.1) is 10.2 Å². The first-order chi connectivity index (χ1) is 9.08. The molecule has 0 radical (unpaired) electrons. The Hall–Kier alpha value is -1.52. The van der Waals surface area contributed by atoms with Crippen molar-refractivity contribution < 1.29 is 8.42 Å². The van der Waals surface area contributed by atoms with Gasteiger partial charge in [0.25, 0.3) is 10.0 Å². The van der Waals surface area contributed by atoms with E-state index in [0.29, 0.717) is 6.54 Å². The van der Waals surface area contributed by atoms with E-state index in [2.05, 4.69) is 19.9 Å². The maximum Gasteiger partial charge on any atom is 0.269 e. The van der Waals surface area contributed by atoms with Crippen LogP contribution in [0.3, 0.4) is 0 Å². The normalized spacial score (nSPS) is 11.8. The SMILES string of the molecule is Nc1nnc(S(=O)(=O)NCCCCn2ccnc2)s1. The first kappa shape index (κ1) is 13.9. The van der Waals surface area contributed by atoms with E-state index in [1.807, 2.05) is 10.8 Å². The highest BCUT2D eigenvalue weighted by Gasteiger charge is 2.18. The Labute approximate surface area is 114 Å². The van der Waals surface area contributed by atoms with Crippen molar-refractivity contribution in [1.82, 2.24) is 24.5 Å². The van der Waals surface area contributed by atoms with Gasteiger partial charge in [-0.3, -0.25) is 0 Å². The van der Waals surface area contributed by atoms with Crippen LogP contribution in [-0.4, -0.2) is 34.7 Å². The number of aromatic nitrogens is 4. The molecule has 0 aliphatic carbocycles. The molecule has 2 aromatic rings. The topological polar surface area (TPSA) is 116 Å². The van der Waals surface area contributed by atoms with E-state index < -0.39 is 10.0 Å². The van der Waals surface area contributed by atoms with E-state index in [9.17, 15) is 8.42 Å². The van der Waals surface area contributed by atoms with Crippen molar-refractivity contribution in [2.45, 2.75) is 23.7 Å². The minimum atomic E-state index is -3.58. The molecule has 0 atom stereocenters. The Bertz CT molecular complexity index is 606. The molecule has 0 saturated heterocycles. The van der Waals surface area contributed by atoms with Crippen LogP contribution in [0.2, 0.25) is 0 Å². The van der Waals surface area contributed by atoms with Gasteiger partial charge in [-0.05, 0) is 12.8 Å². The van der Waals surface area contributed by atoms with Gasteiger partial charge >= 0.3 is 0 Å². The summed E-state index contributed by atoms with van der Waals surface area (Å²) in [6.45, 7) is 1.17. The maximum atomic E-state index is 11.8. The fourth-order valence-corrected chi connectivity index (χ4v) is 3.33. The summed E-state index contributed by atoms with van der Waals surface area (Å²) in [5.74, 6) is 0. The molecule has 0 spiro atoms. The number of sulfonamides is 1. The van der Waals surface area contributed by atoms with Crippen molar-refractivity contribution in [3.8, 4) is 0 Å². The number of anilines is 1. The van der Waals surface area contributed by atoms with Crippen LogP contribution in [0.4, 0.5) is 5.13 Å². The third kappa shape index (κ3) is 3.98. The molecular weight excluding hydrogens is 288 g/mol. The third-order valence-electron chi connectivity index (χ3n) is 2.35. The summed E-state index contributed by atoms with van der Waals surface area (Å²) in [6.07, 6.45) is 6.90. The molecule has 10 heteroatoms. The van der Waals surface area contributed by atoms with Gasteiger partial charge in [-0.1, -0.05) is 11.3 Å². The standard InChI is InChI=1S/C9H14N6O2S2/c10-8-13-14-9(18-8)19(16,17)12-3-1-2-5-15-6-4-11-7-15/h4,6-7,12H,1-3,5H2,(H2,10,13). The molecule has 104 valence electrons. The predicted octanol–water partition coefficient (Wildman–Crippen LogP) is 0.0755. The minimum Gasteiger partial charge on any atom is -0.374 e. The van der Waals surface area contributed by atoms with Crippen LogP contribution in [0.5, 0.6) is 0 Å². The zero-order chi connectivity index (χ0) is 13.7. The molecule has 2 heterocycles. The van der Waals surface area contributed by atoms with Gasteiger partial charge in [-0.2, -0.15) is 0 Å². The van der Waals surface area contributed by atoms with Gasteiger partial charge < -0.3 is 10.3 Å². The molecule has 0 amide bonds. The molecule has 0 aliphatic heterocycles. The Morgan fingerprint density at radius 1 is 1.37 bits per heavy atom. The number of rotatable bonds is 7. The lowest BCUT2D eigenvalue weighted by Gasteiger charge is -2.04. The lowest BCUT2D eigenvalue weighted by atomic mass is 10.3. The van der Waals surface area contributed by atoms with Crippen molar-refractivity contribution in [1.29, 1.82) is 0 Å². The van der Waals surface area contributed by atoms with E-state index >= 15 is 0 Å². The van der Waals surface area contributed by atoms with E-state index in [-0.39, 0.29) is 9.47 Å². The Morgan fingerprint density at radius 3 is 2.84 bits per heavy atom. The number of nitrogens with two attached hydrogens (primary N) is 1. The molecule has 0 aromatic carbocycles. The van der Waals surface area contributed by atoms with Crippen molar-refractivity contribution in [2.75, 3.05) is 12.3 Å². The predicted molar refractivity (Wildman–Crippen MR) is 71.0 cm³/mol. The second-order valence-corrected chi connectivity index (χ2v) is 6.76. The van der Waals surface area contributed by atoms with Gasteiger partial charge in [0.05, 0.1) is 6.33 Å². The number of nitrogens with zero attached hydrogens (tertiary/aromatic N) is 4. The van der Waals surface area contributed by atoms with Crippen LogP contribution in [0.25, 0.3) is 0 Å². The second kappa shape index (κ2) is 6.08. The van der Waals surface area contributed by atoms with Gasteiger partial charge in [0.2, 0.25) is 9.47 Å². The molecule has 0 saturated carbocycles. The number of hydrogen-bond donors (Lipinski definition) is 2. The van der Waals surface area contributed by atoms with Crippen LogP contribution >= 0.6 is 11.3 Å². The number of nitrogens with one attached hydrogen (secondary N) is 1. The van der Waals surface area contributed by atoms with E-state index in [1.165, 1.54) is 0 Å². The summed E-state index contributed by atoms with van der Waals surface area (Å²) in [5.41, 5.74) is 5.35. The van der Waals surface area contributed by atoms with Gasteiger partial charge in [0.1, 0.15) is 0 Å². The average molecular weight is 302 g/mol. The van der Waals surface area contributed by atoms with Crippen molar-refractivity contribution in [3.05, 3.63) is 18.7 Å². The van der Waals surface area contributed by atoms with Crippen molar-refractivity contribution >= 4 is 26.5 Å². The first-order valence-electron chi connectivity index (χ1n) is 5.62. The zero-order valence-electron chi connectivity index (χ0n) is 10.1. The monoisotopic (exact) mass is 302 g/mol. The lowest BCUT2D eigenvalue weighted by Crippen LogP contribution is -2.24. The van der Waals surface area contributed by atoms with Crippen LogP contribution in [0, 0.1) is 0 Å². The fourth-order valence-electron chi connectivity index (χ4n) is 1.44. The van der Waals surface area contributed by atoms with Gasteiger partial charge in [0.15, 0.2) is 0 Å². The summed E-state index contributed by atoms with van der Waals surface area (Å²) in [6, 6.07) is 0. The molecule has 8 nitrogen and oxygen atoms in total. The van der Waals surface area contributed by atoms with E-state index in [0.717, 1.165) is 30.7 Å². The summed E-state index contributed by atoms with van der Waals surface area (Å²) in [5, 5.41) is 7.12. The highest BCUT2D eigenvalue weighted by molar-refractivity contribution is 7.91. The number of unbranched alkanes of at least 4 members (excludes halogenated alkanes) is 1. The minimum absolute atomic E-state index is 0.0976. The molecular formula is C9H14N6O2S2. The Balaban J connectivity index is 1.73. The second-order valence-electron chi connectivity index (χ2n) is 3.81. The van der Waals surface area contributed by atoms with Crippen LogP contribution in [0.1, 0.15) is 12.8 Å². The molecule has 3 N–H and O–H groups in total. The zero-order valence-corrected chi connectivity index (χ0v) is 11.7. The Kier molecular flexibility index (Phi) is 4.45. The average Bonchev–Trinajstić information content (AvgIpc) is 3.00. The van der Waals surface area contributed by atoms with Crippen molar-refractivity contribution in [2.24, 2.45) is 0 Å². The smallest absolute Gasteiger partial charge is 0.269 e. The summed E-state index contributed by atoms with van der Waals surface area (Å²) in [7, 11) is -3.58. The molecule has 0 unspecified atom stereocenters. The molecule has 0 aliphatic rings. The van der Waals surface area contributed by atoms with Crippen LogP contribution in [-0.2, 0) is 16.6 Å². The summed E-state index contributed by atoms with van der Waals surface area (Å²) < 4.78 is 27.8. The van der Waals surface area contributed by atoms with Crippen LogP contribution < -0.4 is 10.5 Å². The molecule has 2 rings (SSSR count). The largest absolute Gasteiger partial charge is 0.374 e. The van der Waals surface area contributed by atoms with Gasteiger partial charge in [-0.25, -0.2) is 18.1 Å². The fraction of sp³-hybridized carbons (Fsp3) is 0.444. The van der Waals surface area contributed by atoms with Crippen molar-refractivity contribution in [3.63, 3.8) is 0 Å². The molecule has 0 fully saturated rings. The Morgan fingerprint density at radius 2 is 2.21 bits per heavy atom.